The highest BCUT2D eigenvalue weighted by atomic mass is 16.2. The number of H-pyrrole nitrogens is 1. The Hall–Kier alpha value is -2.70. The van der Waals surface area contributed by atoms with Crippen molar-refractivity contribution in [3.8, 4) is 0 Å². The molecule has 3 aromatic rings. The van der Waals surface area contributed by atoms with Crippen LogP contribution >= 0.6 is 0 Å². The zero-order chi connectivity index (χ0) is 12.7. The third-order valence-electron chi connectivity index (χ3n) is 2.55. The molecule has 0 amide bonds. The number of imidazole rings is 1. The molecule has 90 valence electrons. The first-order chi connectivity index (χ1) is 8.65. The maximum atomic E-state index is 12.0. The summed E-state index contributed by atoms with van der Waals surface area (Å²) in [6, 6.07) is 1.46. The van der Waals surface area contributed by atoms with Gasteiger partial charge in [-0.2, -0.15) is 5.10 Å². The molecule has 3 rings (SSSR count). The summed E-state index contributed by atoms with van der Waals surface area (Å²) >= 11 is 0. The Balaban J connectivity index is 2.17. The summed E-state index contributed by atoms with van der Waals surface area (Å²) in [5, 5.41) is 4.09. The largest absolute Gasteiger partial charge is 0.323 e. The van der Waals surface area contributed by atoms with Crippen molar-refractivity contribution >= 4 is 11.4 Å². The summed E-state index contributed by atoms with van der Waals surface area (Å²) in [6.07, 6.45) is 6.08. The minimum atomic E-state index is -0.326. The second kappa shape index (κ2) is 3.66. The van der Waals surface area contributed by atoms with Gasteiger partial charge in [0.05, 0.1) is 0 Å². The van der Waals surface area contributed by atoms with Gasteiger partial charge in [-0.25, -0.2) is 9.50 Å². The summed E-state index contributed by atoms with van der Waals surface area (Å²) < 4.78 is 2.71. The van der Waals surface area contributed by atoms with E-state index >= 15 is 0 Å². The number of aromatic nitrogens is 5. The molecule has 0 aromatic carbocycles. The summed E-state index contributed by atoms with van der Waals surface area (Å²) in [5.74, 6) is -0.326. The molecular formula is C11H9N5O2. The summed E-state index contributed by atoms with van der Waals surface area (Å²) in [7, 11) is 0. The fraction of sp³-hybridized carbons (Fsp3) is 0.0909. The number of carbonyl (C=O) groups is 1. The normalized spacial score (nSPS) is 10.9. The van der Waals surface area contributed by atoms with Crippen LogP contribution in [0, 0.1) is 6.92 Å². The van der Waals surface area contributed by atoms with Crippen LogP contribution in [0.3, 0.4) is 0 Å². The predicted molar refractivity (Wildman–Crippen MR) is 62.5 cm³/mol. The van der Waals surface area contributed by atoms with Gasteiger partial charge in [0, 0.05) is 30.4 Å². The van der Waals surface area contributed by atoms with Gasteiger partial charge in [-0.15, -0.1) is 0 Å². The Labute approximate surface area is 101 Å². The van der Waals surface area contributed by atoms with Crippen LogP contribution in [0.2, 0.25) is 0 Å². The fourth-order valence-corrected chi connectivity index (χ4v) is 1.74. The van der Waals surface area contributed by atoms with E-state index in [-0.39, 0.29) is 17.2 Å². The molecule has 0 bridgehead atoms. The van der Waals surface area contributed by atoms with Crippen LogP contribution in [0.25, 0.3) is 5.52 Å². The van der Waals surface area contributed by atoms with E-state index in [0.29, 0.717) is 11.2 Å². The molecule has 0 unspecified atom stereocenters. The first-order valence-corrected chi connectivity index (χ1v) is 5.27. The van der Waals surface area contributed by atoms with Gasteiger partial charge in [-0.05, 0) is 6.92 Å². The molecule has 0 saturated heterocycles. The monoisotopic (exact) mass is 243 g/mol. The molecule has 3 aromatic heterocycles. The molecular weight excluding hydrogens is 234 g/mol. The molecule has 18 heavy (non-hydrogen) atoms. The number of carbonyl (C=O) groups excluding carboxylic acids is 1. The second-order valence-corrected chi connectivity index (χ2v) is 3.90. The fourth-order valence-electron chi connectivity index (χ4n) is 1.74. The van der Waals surface area contributed by atoms with Crippen LogP contribution < -0.4 is 5.56 Å². The van der Waals surface area contributed by atoms with Gasteiger partial charge in [0.15, 0.2) is 5.69 Å². The standard InChI is InChI=1S/C11H9N5O2/c1-7-5-16-9(10(17)13-7)4-8(14-16)11(18)15-3-2-12-6-15/h2-6H,1H3,(H,13,17). The number of aryl methyl sites for hydroxylation is 1. The lowest BCUT2D eigenvalue weighted by molar-refractivity contribution is 0.0954. The third kappa shape index (κ3) is 1.53. The zero-order valence-corrected chi connectivity index (χ0v) is 9.49. The summed E-state index contributed by atoms with van der Waals surface area (Å²) in [4.78, 5) is 30.1. The van der Waals surface area contributed by atoms with E-state index in [4.69, 9.17) is 0 Å². The van der Waals surface area contributed by atoms with E-state index in [0.717, 1.165) is 0 Å². The van der Waals surface area contributed by atoms with E-state index < -0.39 is 0 Å². The topological polar surface area (TPSA) is 85.1 Å². The molecule has 1 N–H and O–H groups in total. The molecule has 0 aliphatic heterocycles. The molecule has 7 nitrogen and oxygen atoms in total. The van der Waals surface area contributed by atoms with Gasteiger partial charge in [0.2, 0.25) is 0 Å². The Morgan fingerprint density at radius 1 is 1.44 bits per heavy atom. The number of nitrogens with one attached hydrogen (secondary N) is 1. The van der Waals surface area contributed by atoms with Crippen molar-refractivity contribution in [2.24, 2.45) is 0 Å². The van der Waals surface area contributed by atoms with Crippen LogP contribution in [0.4, 0.5) is 0 Å². The average Bonchev–Trinajstić information content (AvgIpc) is 2.96. The molecule has 0 spiro atoms. The van der Waals surface area contributed by atoms with E-state index in [1.807, 2.05) is 0 Å². The minimum absolute atomic E-state index is 0.198. The number of nitrogens with zero attached hydrogens (tertiary/aromatic N) is 4. The molecule has 0 saturated carbocycles. The van der Waals surface area contributed by atoms with Gasteiger partial charge in [0.1, 0.15) is 11.8 Å². The predicted octanol–water partition coefficient (Wildman–Crippen LogP) is 0.216. The number of rotatable bonds is 1. The maximum absolute atomic E-state index is 12.0. The molecule has 0 aliphatic rings. The van der Waals surface area contributed by atoms with Crippen molar-refractivity contribution in [2.75, 3.05) is 0 Å². The Kier molecular flexibility index (Phi) is 2.12. The minimum Gasteiger partial charge on any atom is -0.323 e. The summed E-state index contributed by atoms with van der Waals surface area (Å²) in [5.41, 5.74) is 0.942. The van der Waals surface area contributed by atoms with Crippen LogP contribution in [-0.2, 0) is 0 Å². The first-order valence-electron chi connectivity index (χ1n) is 5.27. The molecule has 0 atom stereocenters. The second-order valence-electron chi connectivity index (χ2n) is 3.90. The molecule has 0 radical (unpaired) electrons. The third-order valence-corrected chi connectivity index (χ3v) is 2.55. The van der Waals surface area contributed by atoms with Gasteiger partial charge in [-0.1, -0.05) is 0 Å². The van der Waals surface area contributed by atoms with Gasteiger partial charge < -0.3 is 4.98 Å². The highest BCUT2D eigenvalue weighted by molar-refractivity contribution is 5.95. The van der Waals surface area contributed by atoms with Crippen molar-refractivity contribution in [3.05, 3.63) is 52.7 Å². The molecule has 0 aliphatic carbocycles. The number of hydrogen-bond donors (Lipinski definition) is 1. The van der Waals surface area contributed by atoms with Crippen molar-refractivity contribution in [3.63, 3.8) is 0 Å². The van der Waals surface area contributed by atoms with Crippen molar-refractivity contribution in [2.45, 2.75) is 6.92 Å². The lowest BCUT2D eigenvalue weighted by Crippen LogP contribution is -2.11. The van der Waals surface area contributed by atoms with Crippen molar-refractivity contribution in [1.82, 2.24) is 24.1 Å². The first kappa shape index (κ1) is 10.5. The highest BCUT2D eigenvalue weighted by Gasteiger charge is 2.14. The number of fused-ring (bicyclic) bond motifs is 1. The molecule has 0 fully saturated rings. The van der Waals surface area contributed by atoms with Crippen LogP contribution in [0.15, 0.2) is 35.8 Å². The zero-order valence-electron chi connectivity index (χ0n) is 9.49. The van der Waals surface area contributed by atoms with Gasteiger partial charge >= 0.3 is 0 Å². The van der Waals surface area contributed by atoms with Gasteiger partial charge in [0.25, 0.3) is 11.5 Å². The van der Waals surface area contributed by atoms with Crippen LogP contribution in [0.5, 0.6) is 0 Å². The lowest BCUT2D eigenvalue weighted by Gasteiger charge is -1.95. The van der Waals surface area contributed by atoms with E-state index in [9.17, 15) is 9.59 Å². The van der Waals surface area contributed by atoms with E-state index in [1.165, 1.54) is 33.9 Å². The smallest absolute Gasteiger partial charge is 0.283 e. The maximum Gasteiger partial charge on any atom is 0.283 e. The molecule has 3 heterocycles. The molecule has 7 heteroatoms. The average molecular weight is 243 g/mol. The van der Waals surface area contributed by atoms with E-state index in [2.05, 4.69) is 15.1 Å². The lowest BCUT2D eigenvalue weighted by atomic mass is 10.3. The summed E-state index contributed by atoms with van der Waals surface area (Å²) in [6.45, 7) is 1.75. The Morgan fingerprint density at radius 2 is 2.28 bits per heavy atom. The Bertz CT molecular complexity index is 781. The Morgan fingerprint density at radius 3 is 3.00 bits per heavy atom. The van der Waals surface area contributed by atoms with Crippen LogP contribution in [-0.4, -0.2) is 30.1 Å². The van der Waals surface area contributed by atoms with Crippen molar-refractivity contribution < 1.29 is 4.79 Å². The van der Waals surface area contributed by atoms with Crippen molar-refractivity contribution in [1.29, 1.82) is 0 Å². The van der Waals surface area contributed by atoms with E-state index in [1.54, 1.807) is 13.1 Å². The highest BCUT2D eigenvalue weighted by Crippen LogP contribution is 2.04. The number of aromatic amines is 1. The number of hydrogen-bond acceptors (Lipinski definition) is 4. The van der Waals surface area contributed by atoms with Crippen LogP contribution in [0.1, 0.15) is 16.2 Å². The quantitative estimate of drug-likeness (QED) is 0.662. The SMILES string of the molecule is Cc1cn2nc(C(=O)n3ccnc3)cc2c(=O)[nH]1. The van der Waals surface area contributed by atoms with Gasteiger partial charge in [-0.3, -0.25) is 14.2 Å².